The zero-order valence-corrected chi connectivity index (χ0v) is 12.2. The molecule has 1 saturated heterocycles. The minimum absolute atomic E-state index is 0.0197. The molecule has 3 rings (SSSR count). The molecule has 1 fully saturated rings. The highest BCUT2D eigenvalue weighted by molar-refractivity contribution is 5.67. The average molecular weight is 288 g/mol. The summed E-state index contributed by atoms with van der Waals surface area (Å²) in [6, 6.07) is 5.72. The Labute approximate surface area is 124 Å². The van der Waals surface area contributed by atoms with Crippen molar-refractivity contribution in [3.05, 3.63) is 36.2 Å². The first-order chi connectivity index (χ1) is 10.3. The van der Waals surface area contributed by atoms with Gasteiger partial charge in [0.1, 0.15) is 5.75 Å². The molecule has 0 amide bonds. The third-order valence-electron chi connectivity index (χ3n) is 3.90. The third-order valence-corrected chi connectivity index (χ3v) is 3.90. The minimum atomic E-state index is -0.0197. The molecule has 0 aliphatic carbocycles. The summed E-state index contributed by atoms with van der Waals surface area (Å²) in [5.74, 6) is 1.30. The van der Waals surface area contributed by atoms with Gasteiger partial charge in [0.15, 0.2) is 0 Å². The number of aliphatic hydroxyl groups excluding tert-OH is 1. The molecule has 2 heterocycles. The summed E-state index contributed by atoms with van der Waals surface area (Å²) in [5.41, 5.74) is 2.85. The Hall–Kier alpha value is -1.85. The van der Waals surface area contributed by atoms with E-state index in [9.17, 15) is 5.11 Å². The Kier molecular flexibility index (Phi) is 4.22. The molecule has 1 N–H and O–H groups in total. The SMILES string of the molecule is COc1ccc(-c2cnn(CC3CCOC3)c2)c(CO)c1. The number of hydrogen-bond donors (Lipinski definition) is 1. The van der Waals surface area contributed by atoms with Crippen LogP contribution in [0, 0.1) is 5.92 Å². The molecule has 112 valence electrons. The monoisotopic (exact) mass is 288 g/mol. The Morgan fingerprint density at radius 3 is 3.10 bits per heavy atom. The van der Waals surface area contributed by atoms with Gasteiger partial charge in [-0.15, -0.1) is 0 Å². The summed E-state index contributed by atoms with van der Waals surface area (Å²) in [4.78, 5) is 0. The zero-order valence-electron chi connectivity index (χ0n) is 12.2. The van der Waals surface area contributed by atoms with Gasteiger partial charge in [-0.3, -0.25) is 4.68 Å². The first kappa shape index (κ1) is 14.1. The Balaban J connectivity index is 1.81. The molecule has 5 nitrogen and oxygen atoms in total. The average Bonchev–Trinajstić information content (AvgIpc) is 3.19. The largest absolute Gasteiger partial charge is 0.497 e. The third kappa shape index (κ3) is 3.09. The van der Waals surface area contributed by atoms with Gasteiger partial charge in [0.05, 0.1) is 26.5 Å². The van der Waals surface area contributed by atoms with Crippen molar-refractivity contribution in [2.45, 2.75) is 19.6 Å². The van der Waals surface area contributed by atoms with Crippen LogP contribution in [0.1, 0.15) is 12.0 Å². The van der Waals surface area contributed by atoms with E-state index in [-0.39, 0.29) is 6.61 Å². The van der Waals surface area contributed by atoms with Crippen molar-refractivity contribution in [2.24, 2.45) is 5.92 Å². The van der Waals surface area contributed by atoms with E-state index in [1.54, 1.807) is 7.11 Å². The molecule has 0 bridgehead atoms. The van der Waals surface area contributed by atoms with Gasteiger partial charge in [-0.2, -0.15) is 5.10 Å². The predicted octanol–water partition coefficient (Wildman–Crippen LogP) is 2.09. The maximum absolute atomic E-state index is 9.54. The molecule has 1 aliphatic heterocycles. The molecule has 0 saturated carbocycles. The number of aliphatic hydroxyl groups is 1. The van der Waals surface area contributed by atoms with Crippen LogP contribution < -0.4 is 4.74 Å². The molecule has 0 spiro atoms. The molecular formula is C16H20N2O3. The van der Waals surface area contributed by atoms with E-state index in [4.69, 9.17) is 9.47 Å². The fourth-order valence-electron chi connectivity index (χ4n) is 2.70. The predicted molar refractivity (Wildman–Crippen MR) is 79.1 cm³/mol. The van der Waals surface area contributed by atoms with Crippen LogP contribution in [0.2, 0.25) is 0 Å². The van der Waals surface area contributed by atoms with Crippen LogP contribution in [-0.4, -0.2) is 35.2 Å². The van der Waals surface area contributed by atoms with Crippen LogP contribution in [0.3, 0.4) is 0 Å². The Morgan fingerprint density at radius 2 is 2.38 bits per heavy atom. The molecule has 1 aromatic carbocycles. The lowest BCUT2D eigenvalue weighted by molar-refractivity contribution is 0.181. The molecule has 0 radical (unpaired) electrons. The van der Waals surface area contributed by atoms with E-state index in [0.29, 0.717) is 5.92 Å². The topological polar surface area (TPSA) is 56.5 Å². The molecule has 5 heteroatoms. The van der Waals surface area contributed by atoms with E-state index < -0.39 is 0 Å². The van der Waals surface area contributed by atoms with Crippen LogP contribution in [0.15, 0.2) is 30.6 Å². The summed E-state index contributed by atoms with van der Waals surface area (Å²) in [5, 5.41) is 14.0. The number of methoxy groups -OCH3 is 1. The van der Waals surface area contributed by atoms with Crippen molar-refractivity contribution < 1.29 is 14.6 Å². The van der Waals surface area contributed by atoms with Gasteiger partial charge >= 0.3 is 0 Å². The lowest BCUT2D eigenvalue weighted by Crippen LogP contribution is -2.10. The van der Waals surface area contributed by atoms with Crippen LogP contribution in [0.25, 0.3) is 11.1 Å². The Morgan fingerprint density at radius 1 is 1.48 bits per heavy atom. The van der Waals surface area contributed by atoms with E-state index in [2.05, 4.69) is 5.10 Å². The molecule has 21 heavy (non-hydrogen) atoms. The van der Waals surface area contributed by atoms with Crippen molar-refractivity contribution in [1.82, 2.24) is 9.78 Å². The van der Waals surface area contributed by atoms with E-state index >= 15 is 0 Å². The number of benzene rings is 1. The standard InChI is InChI=1S/C16H20N2O3/c1-20-15-2-3-16(13(6-15)10-19)14-7-17-18(9-14)8-12-4-5-21-11-12/h2-3,6-7,9,12,19H,4-5,8,10-11H2,1H3. The summed E-state index contributed by atoms with van der Waals surface area (Å²) in [6.45, 7) is 2.53. The maximum atomic E-state index is 9.54. The summed E-state index contributed by atoms with van der Waals surface area (Å²) in [6.07, 6.45) is 4.97. The maximum Gasteiger partial charge on any atom is 0.119 e. The second-order valence-electron chi connectivity index (χ2n) is 5.36. The summed E-state index contributed by atoms with van der Waals surface area (Å²) < 4.78 is 12.5. The highest BCUT2D eigenvalue weighted by Crippen LogP contribution is 2.27. The van der Waals surface area contributed by atoms with Gasteiger partial charge in [0.25, 0.3) is 0 Å². The normalized spacial score (nSPS) is 18.1. The van der Waals surface area contributed by atoms with Crippen molar-refractivity contribution in [2.75, 3.05) is 20.3 Å². The molecule has 1 aliphatic rings. The summed E-state index contributed by atoms with van der Waals surface area (Å²) in [7, 11) is 1.62. The van der Waals surface area contributed by atoms with E-state index in [1.165, 1.54) is 0 Å². The molecule has 1 aromatic heterocycles. The van der Waals surface area contributed by atoms with Crippen molar-refractivity contribution in [3.63, 3.8) is 0 Å². The zero-order chi connectivity index (χ0) is 14.7. The lowest BCUT2D eigenvalue weighted by atomic mass is 10.0. The molecule has 2 aromatic rings. The van der Waals surface area contributed by atoms with Gasteiger partial charge in [0.2, 0.25) is 0 Å². The fourth-order valence-corrected chi connectivity index (χ4v) is 2.70. The molecule has 1 unspecified atom stereocenters. The van der Waals surface area contributed by atoms with Crippen molar-refractivity contribution >= 4 is 0 Å². The number of nitrogens with zero attached hydrogens (tertiary/aromatic N) is 2. The van der Waals surface area contributed by atoms with Crippen LogP contribution in [0.4, 0.5) is 0 Å². The van der Waals surface area contributed by atoms with Gasteiger partial charge in [-0.25, -0.2) is 0 Å². The van der Waals surface area contributed by atoms with Crippen LogP contribution >= 0.6 is 0 Å². The first-order valence-corrected chi connectivity index (χ1v) is 7.18. The van der Waals surface area contributed by atoms with Crippen LogP contribution in [0.5, 0.6) is 5.75 Å². The number of hydrogen-bond acceptors (Lipinski definition) is 4. The van der Waals surface area contributed by atoms with Crippen LogP contribution in [-0.2, 0) is 17.9 Å². The van der Waals surface area contributed by atoms with Gasteiger partial charge in [0, 0.05) is 30.8 Å². The second kappa shape index (κ2) is 6.28. The summed E-state index contributed by atoms with van der Waals surface area (Å²) >= 11 is 0. The van der Waals surface area contributed by atoms with Crippen molar-refractivity contribution in [3.8, 4) is 16.9 Å². The quantitative estimate of drug-likeness (QED) is 0.915. The second-order valence-corrected chi connectivity index (χ2v) is 5.36. The Bertz CT molecular complexity index is 603. The van der Waals surface area contributed by atoms with E-state index in [0.717, 1.165) is 48.6 Å². The fraction of sp³-hybridized carbons (Fsp3) is 0.438. The molecular weight excluding hydrogens is 268 g/mol. The minimum Gasteiger partial charge on any atom is -0.497 e. The highest BCUT2D eigenvalue weighted by atomic mass is 16.5. The van der Waals surface area contributed by atoms with Gasteiger partial charge in [-0.1, -0.05) is 6.07 Å². The van der Waals surface area contributed by atoms with Gasteiger partial charge in [-0.05, 0) is 29.7 Å². The first-order valence-electron chi connectivity index (χ1n) is 7.18. The van der Waals surface area contributed by atoms with Gasteiger partial charge < -0.3 is 14.6 Å². The molecule has 1 atom stereocenters. The number of aromatic nitrogens is 2. The highest BCUT2D eigenvalue weighted by Gasteiger charge is 2.17. The lowest BCUT2D eigenvalue weighted by Gasteiger charge is -2.08. The van der Waals surface area contributed by atoms with Crippen molar-refractivity contribution in [1.29, 1.82) is 0 Å². The number of ether oxygens (including phenoxy) is 2. The number of rotatable bonds is 5. The van der Waals surface area contributed by atoms with E-state index in [1.807, 2.05) is 35.3 Å². The smallest absolute Gasteiger partial charge is 0.119 e.